The Morgan fingerprint density at radius 2 is 1.94 bits per heavy atom. The number of esters is 1. The van der Waals surface area contributed by atoms with Crippen molar-refractivity contribution in [3.05, 3.63) is 92.9 Å². The molecule has 0 bridgehead atoms. The number of aromatic nitrogens is 5. The lowest BCUT2D eigenvalue weighted by molar-refractivity contribution is 0.0591. The highest BCUT2D eigenvalue weighted by atomic mass is 35.5. The molecule has 5 rings (SSSR count). The molecule has 0 atom stereocenters. The number of para-hydroxylation sites is 1. The average molecular weight is 477 g/mol. The molecule has 0 radical (unpaired) electrons. The molecule has 9 nitrogen and oxygen atoms in total. The van der Waals surface area contributed by atoms with Crippen molar-refractivity contribution in [1.82, 2.24) is 29.6 Å². The van der Waals surface area contributed by atoms with E-state index in [1.165, 1.54) is 11.8 Å². The van der Waals surface area contributed by atoms with Crippen LogP contribution in [0, 0.1) is 0 Å². The Morgan fingerprint density at radius 3 is 2.68 bits per heavy atom. The molecule has 0 unspecified atom stereocenters. The zero-order valence-electron chi connectivity index (χ0n) is 18.4. The van der Waals surface area contributed by atoms with Crippen LogP contribution >= 0.6 is 11.6 Å². The van der Waals surface area contributed by atoms with E-state index in [1.54, 1.807) is 24.5 Å². The molecule has 4 heterocycles. The molecule has 34 heavy (non-hydrogen) atoms. The number of H-pyrrole nitrogens is 1. The second kappa shape index (κ2) is 9.20. The van der Waals surface area contributed by atoms with Gasteiger partial charge in [-0.05, 0) is 24.3 Å². The molecule has 1 aromatic carbocycles. The molecule has 0 saturated carbocycles. The van der Waals surface area contributed by atoms with Crippen molar-refractivity contribution in [2.75, 3.05) is 13.7 Å². The van der Waals surface area contributed by atoms with E-state index in [1.807, 2.05) is 30.3 Å². The fourth-order valence-electron chi connectivity index (χ4n) is 4.06. The predicted molar refractivity (Wildman–Crippen MR) is 126 cm³/mol. The van der Waals surface area contributed by atoms with E-state index >= 15 is 0 Å². The van der Waals surface area contributed by atoms with Crippen molar-refractivity contribution >= 4 is 17.6 Å². The van der Waals surface area contributed by atoms with Crippen LogP contribution < -0.4 is 5.56 Å². The van der Waals surface area contributed by atoms with Crippen LogP contribution in [0.4, 0.5) is 0 Å². The second-order valence-corrected chi connectivity index (χ2v) is 8.25. The minimum Gasteiger partial charge on any atom is -0.464 e. The standard InChI is InChI=1S/C24H21ClN6O3/c1-34-24(33)20-18(21(25)31(29-20)16-5-3-2-4-6-16)14-30-12-9-19-17(13-30)23(32)28-22(27-19)15-7-10-26-11-8-15/h2-8,10-11H,9,12-14H2,1H3,(H,27,28,32). The number of hydrogen-bond acceptors (Lipinski definition) is 7. The third-order valence-corrected chi connectivity index (χ3v) is 6.17. The number of carbonyl (C=O) groups excluding carboxylic acids is 1. The van der Waals surface area contributed by atoms with Gasteiger partial charge in [-0.3, -0.25) is 14.7 Å². The highest BCUT2D eigenvalue weighted by molar-refractivity contribution is 6.31. The minimum absolute atomic E-state index is 0.155. The van der Waals surface area contributed by atoms with Crippen molar-refractivity contribution < 1.29 is 9.53 Å². The highest BCUT2D eigenvalue weighted by Gasteiger charge is 2.28. The molecule has 1 aliphatic rings. The fraction of sp³-hybridized carbons (Fsp3) is 0.208. The molecule has 0 amide bonds. The zero-order valence-corrected chi connectivity index (χ0v) is 19.1. The first-order chi connectivity index (χ1) is 16.5. The summed E-state index contributed by atoms with van der Waals surface area (Å²) in [7, 11) is 1.31. The number of nitrogens with one attached hydrogen (secondary N) is 1. The first kappa shape index (κ1) is 22.0. The van der Waals surface area contributed by atoms with E-state index in [2.05, 4.69) is 25.0 Å². The van der Waals surface area contributed by atoms with Gasteiger partial charge < -0.3 is 9.72 Å². The van der Waals surface area contributed by atoms with Crippen molar-refractivity contribution in [2.24, 2.45) is 0 Å². The summed E-state index contributed by atoms with van der Waals surface area (Å²) in [5, 5.41) is 4.75. The van der Waals surface area contributed by atoms with E-state index < -0.39 is 5.97 Å². The number of methoxy groups -OCH3 is 1. The maximum atomic E-state index is 12.9. The zero-order chi connectivity index (χ0) is 23.7. The van der Waals surface area contributed by atoms with E-state index in [4.69, 9.17) is 16.3 Å². The predicted octanol–water partition coefficient (Wildman–Crippen LogP) is 3.02. The summed E-state index contributed by atoms with van der Waals surface area (Å²) in [5.74, 6) is -0.0368. The Labute approximate surface area is 200 Å². The Hall–Kier alpha value is -3.82. The number of hydrogen-bond donors (Lipinski definition) is 1. The van der Waals surface area contributed by atoms with E-state index in [9.17, 15) is 9.59 Å². The molecular weight excluding hydrogens is 456 g/mol. The van der Waals surface area contributed by atoms with Crippen LogP contribution in [0.25, 0.3) is 17.1 Å². The number of pyridine rings is 1. The number of ether oxygens (including phenoxy) is 1. The first-order valence-corrected chi connectivity index (χ1v) is 11.1. The molecule has 0 fully saturated rings. The summed E-state index contributed by atoms with van der Waals surface area (Å²) in [5.41, 5.74) is 3.44. The third kappa shape index (κ3) is 4.11. The minimum atomic E-state index is -0.564. The largest absolute Gasteiger partial charge is 0.464 e. The van der Waals surface area contributed by atoms with Gasteiger partial charge in [-0.15, -0.1) is 0 Å². The number of benzene rings is 1. The molecular formula is C24H21ClN6O3. The van der Waals surface area contributed by atoms with Crippen LogP contribution in [0.3, 0.4) is 0 Å². The van der Waals surface area contributed by atoms with Gasteiger partial charge in [0.2, 0.25) is 0 Å². The van der Waals surface area contributed by atoms with Crippen LogP contribution in [0.2, 0.25) is 5.15 Å². The smallest absolute Gasteiger partial charge is 0.358 e. The molecule has 0 spiro atoms. The van der Waals surface area contributed by atoms with E-state index in [-0.39, 0.29) is 11.3 Å². The monoisotopic (exact) mass is 476 g/mol. The summed E-state index contributed by atoms with van der Waals surface area (Å²) >= 11 is 6.69. The van der Waals surface area contributed by atoms with Gasteiger partial charge in [0, 0.05) is 49.6 Å². The number of nitrogens with zero attached hydrogens (tertiary/aromatic N) is 5. The van der Waals surface area contributed by atoms with E-state index in [0.29, 0.717) is 48.2 Å². The maximum absolute atomic E-state index is 12.9. The molecule has 1 N–H and O–H groups in total. The maximum Gasteiger partial charge on any atom is 0.358 e. The SMILES string of the molecule is COC(=O)c1nn(-c2ccccc2)c(Cl)c1CN1CCc2nc(-c3ccncc3)[nH]c(=O)c2C1. The number of rotatable bonds is 5. The van der Waals surface area contributed by atoms with Crippen molar-refractivity contribution in [3.8, 4) is 17.1 Å². The van der Waals surface area contributed by atoms with Gasteiger partial charge in [-0.2, -0.15) is 5.10 Å². The fourth-order valence-corrected chi connectivity index (χ4v) is 4.34. The summed E-state index contributed by atoms with van der Waals surface area (Å²) in [6.07, 6.45) is 3.92. The van der Waals surface area contributed by atoms with Gasteiger partial charge in [-0.1, -0.05) is 29.8 Å². The van der Waals surface area contributed by atoms with Gasteiger partial charge in [0.15, 0.2) is 5.69 Å². The molecule has 4 aromatic rings. The third-order valence-electron chi connectivity index (χ3n) is 5.78. The Kier molecular flexibility index (Phi) is 5.95. The molecule has 0 saturated heterocycles. The van der Waals surface area contributed by atoms with Crippen LogP contribution in [0.5, 0.6) is 0 Å². The number of aromatic amines is 1. The van der Waals surface area contributed by atoms with Gasteiger partial charge in [0.25, 0.3) is 5.56 Å². The summed E-state index contributed by atoms with van der Waals surface area (Å²) in [4.78, 5) is 38.9. The lowest BCUT2D eigenvalue weighted by Gasteiger charge is -2.27. The molecule has 172 valence electrons. The van der Waals surface area contributed by atoms with Crippen molar-refractivity contribution in [1.29, 1.82) is 0 Å². The van der Waals surface area contributed by atoms with Crippen LogP contribution in [-0.2, 0) is 24.2 Å². The number of carbonyl (C=O) groups is 1. The first-order valence-electron chi connectivity index (χ1n) is 10.7. The summed E-state index contributed by atoms with van der Waals surface area (Å²) in [6, 6.07) is 12.9. The van der Waals surface area contributed by atoms with Gasteiger partial charge in [0.1, 0.15) is 11.0 Å². The summed E-state index contributed by atoms with van der Waals surface area (Å²) in [6.45, 7) is 1.36. The van der Waals surface area contributed by atoms with E-state index in [0.717, 1.165) is 16.9 Å². The van der Waals surface area contributed by atoms with Crippen LogP contribution in [0.15, 0.2) is 59.7 Å². The van der Waals surface area contributed by atoms with Gasteiger partial charge in [-0.25, -0.2) is 14.5 Å². The van der Waals surface area contributed by atoms with Crippen LogP contribution in [-0.4, -0.2) is 49.3 Å². The molecule has 1 aliphatic heterocycles. The Bertz CT molecular complexity index is 1400. The highest BCUT2D eigenvalue weighted by Crippen LogP contribution is 2.28. The molecule has 10 heteroatoms. The average Bonchev–Trinajstić information content (AvgIpc) is 3.20. The second-order valence-electron chi connectivity index (χ2n) is 7.89. The van der Waals surface area contributed by atoms with Crippen LogP contribution in [0.1, 0.15) is 27.3 Å². The van der Waals surface area contributed by atoms with Crippen molar-refractivity contribution in [3.63, 3.8) is 0 Å². The Balaban J connectivity index is 1.45. The molecule has 0 aliphatic carbocycles. The van der Waals surface area contributed by atoms with Gasteiger partial charge >= 0.3 is 5.97 Å². The topological polar surface area (TPSA) is 106 Å². The van der Waals surface area contributed by atoms with Crippen molar-refractivity contribution in [2.45, 2.75) is 19.5 Å². The normalized spacial score (nSPS) is 13.5. The number of halogens is 1. The number of fused-ring (bicyclic) bond motifs is 1. The van der Waals surface area contributed by atoms with Gasteiger partial charge in [0.05, 0.1) is 24.1 Å². The lowest BCUT2D eigenvalue weighted by atomic mass is 10.1. The lowest BCUT2D eigenvalue weighted by Crippen LogP contribution is -2.35. The quantitative estimate of drug-likeness (QED) is 0.441. The Morgan fingerprint density at radius 1 is 1.18 bits per heavy atom. The summed E-state index contributed by atoms with van der Waals surface area (Å²) < 4.78 is 6.46. The molecule has 3 aromatic heterocycles.